The Hall–Kier alpha value is -7.11. The third kappa shape index (κ3) is 5.82. The molecular weight excluding hydrogens is 661 g/mol. The van der Waals surface area contributed by atoms with Crippen molar-refractivity contribution in [2.75, 3.05) is 10.6 Å². The highest BCUT2D eigenvalue weighted by atomic mass is 16.3. The van der Waals surface area contributed by atoms with E-state index in [2.05, 4.69) is 148 Å². The summed E-state index contributed by atoms with van der Waals surface area (Å²) in [6.45, 7) is 6.77. The highest BCUT2D eigenvalue weighted by Gasteiger charge is 2.18. The first-order valence-electron chi connectivity index (χ1n) is 18.2. The molecule has 5 nitrogen and oxygen atoms in total. The first-order valence-corrected chi connectivity index (χ1v) is 18.2. The fraction of sp³-hybridized carbons (Fsp3) is 0.0408. The van der Waals surface area contributed by atoms with Crippen LogP contribution in [0.1, 0.15) is 18.1 Å². The number of aromatic nitrogens is 1. The lowest BCUT2D eigenvalue weighted by Gasteiger charge is -2.27. The summed E-state index contributed by atoms with van der Waals surface area (Å²) in [5.74, 6) is 0. The fourth-order valence-corrected chi connectivity index (χ4v) is 7.52. The Labute approximate surface area is 314 Å². The lowest BCUT2D eigenvalue weighted by atomic mass is 10.0. The Morgan fingerprint density at radius 1 is 0.722 bits per heavy atom. The first kappa shape index (κ1) is 32.8. The number of hydrogen-bond acceptors (Lipinski definition) is 4. The molecule has 9 rings (SSSR count). The molecule has 54 heavy (non-hydrogen) atoms. The highest BCUT2D eigenvalue weighted by Crippen LogP contribution is 2.40. The molecule has 9 aromatic rings. The molecule has 7 aromatic carbocycles. The van der Waals surface area contributed by atoms with E-state index < -0.39 is 0 Å². The molecule has 0 amide bonds. The van der Waals surface area contributed by atoms with Crippen molar-refractivity contribution in [1.29, 1.82) is 0 Å². The molecule has 0 saturated heterocycles. The predicted octanol–water partition coefficient (Wildman–Crippen LogP) is 12.9. The zero-order valence-corrected chi connectivity index (χ0v) is 30.0. The van der Waals surface area contributed by atoms with Crippen LogP contribution in [-0.2, 0) is 6.54 Å². The molecule has 2 aromatic heterocycles. The van der Waals surface area contributed by atoms with Gasteiger partial charge in [0.15, 0.2) is 0 Å². The zero-order valence-electron chi connectivity index (χ0n) is 30.0. The average Bonchev–Trinajstić information content (AvgIpc) is 3.76. The van der Waals surface area contributed by atoms with Crippen LogP contribution in [0.3, 0.4) is 0 Å². The van der Waals surface area contributed by atoms with Gasteiger partial charge in [0.25, 0.3) is 0 Å². The maximum Gasteiger partial charge on any atom is 0.143 e. The SMILES string of the molecule is C=C(C=N/C=C\C)c1ccc(CN(c2ccc(-n3c4ccccc4c4cc(-c5cccc6c5oc5ccccc56)ccc43)cc2)c2ccccc2N)cc1. The van der Waals surface area contributed by atoms with E-state index in [0.717, 1.165) is 83.5 Å². The van der Waals surface area contributed by atoms with Crippen molar-refractivity contribution in [2.45, 2.75) is 13.5 Å². The summed E-state index contributed by atoms with van der Waals surface area (Å²) in [5, 5.41) is 4.66. The third-order valence-corrected chi connectivity index (χ3v) is 10.2. The molecule has 0 bridgehead atoms. The summed E-state index contributed by atoms with van der Waals surface area (Å²) < 4.78 is 8.78. The molecule has 260 valence electrons. The number of para-hydroxylation sites is 5. The number of nitrogens with two attached hydrogens (primary N) is 1. The van der Waals surface area contributed by atoms with Crippen LogP contribution in [0.5, 0.6) is 0 Å². The maximum atomic E-state index is 6.59. The van der Waals surface area contributed by atoms with Gasteiger partial charge in [0.2, 0.25) is 0 Å². The monoisotopic (exact) mass is 698 g/mol. The summed E-state index contributed by atoms with van der Waals surface area (Å²) in [6.07, 6.45) is 5.44. The van der Waals surface area contributed by atoms with Crippen LogP contribution in [-0.4, -0.2) is 10.8 Å². The van der Waals surface area contributed by atoms with Crippen molar-refractivity contribution in [2.24, 2.45) is 4.99 Å². The van der Waals surface area contributed by atoms with Gasteiger partial charge in [0.05, 0.1) is 22.4 Å². The van der Waals surface area contributed by atoms with Crippen LogP contribution in [0.15, 0.2) is 186 Å². The van der Waals surface area contributed by atoms with Crippen LogP contribution in [0, 0.1) is 0 Å². The fourth-order valence-electron chi connectivity index (χ4n) is 7.52. The number of hydrogen-bond donors (Lipinski definition) is 1. The lowest BCUT2D eigenvalue weighted by molar-refractivity contribution is 0.670. The van der Waals surface area contributed by atoms with E-state index in [9.17, 15) is 0 Å². The smallest absolute Gasteiger partial charge is 0.143 e. The average molecular weight is 699 g/mol. The molecule has 0 saturated carbocycles. The molecule has 0 aliphatic carbocycles. The summed E-state index contributed by atoms with van der Waals surface area (Å²) in [6, 6.07) is 55.4. The summed E-state index contributed by atoms with van der Waals surface area (Å²) in [7, 11) is 0. The van der Waals surface area contributed by atoms with Gasteiger partial charge >= 0.3 is 0 Å². The van der Waals surface area contributed by atoms with Gasteiger partial charge in [0.1, 0.15) is 11.2 Å². The maximum absolute atomic E-state index is 6.59. The molecule has 0 spiro atoms. The molecule has 0 aliphatic heterocycles. The molecule has 0 radical (unpaired) electrons. The molecule has 2 heterocycles. The second-order valence-electron chi connectivity index (χ2n) is 13.5. The van der Waals surface area contributed by atoms with Gasteiger partial charge in [0, 0.05) is 57.4 Å². The van der Waals surface area contributed by atoms with Crippen LogP contribution >= 0.6 is 0 Å². The van der Waals surface area contributed by atoms with Gasteiger partial charge in [-0.1, -0.05) is 110 Å². The van der Waals surface area contributed by atoms with Gasteiger partial charge in [-0.05, 0) is 89.9 Å². The van der Waals surface area contributed by atoms with E-state index in [0.29, 0.717) is 6.54 Å². The highest BCUT2D eigenvalue weighted by molar-refractivity contribution is 6.13. The van der Waals surface area contributed by atoms with Gasteiger partial charge in [-0.3, -0.25) is 4.99 Å². The minimum atomic E-state index is 0.642. The summed E-state index contributed by atoms with van der Waals surface area (Å²) in [5.41, 5.74) is 19.8. The van der Waals surface area contributed by atoms with Crippen molar-refractivity contribution < 1.29 is 4.42 Å². The van der Waals surface area contributed by atoms with Crippen molar-refractivity contribution in [3.8, 4) is 16.8 Å². The number of rotatable bonds is 9. The number of fused-ring (bicyclic) bond motifs is 6. The van der Waals surface area contributed by atoms with Gasteiger partial charge in [-0.2, -0.15) is 0 Å². The number of benzene rings is 7. The summed E-state index contributed by atoms with van der Waals surface area (Å²) >= 11 is 0. The molecule has 0 atom stereocenters. The van der Waals surface area contributed by atoms with E-state index in [1.54, 1.807) is 12.4 Å². The Kier molecular flexibility index (Phi) is 8.37. The standard InChI is InChI=1S/C49H38N4O/c1-3-29-51-31-33(2)35-21-19-34(20-22-35)32-52(47-17-8-6-15-44(47)50)37-24-26-38(27-25-37)53-45-16-7-4-11-40(45)43-30-36(23-28-46(43)53)39-13-10-14-42-41-12-5-9-18-48(41)54-49(39)42/h3-31H,2,32,50H2,1H3/b29-3-,51-31?. The number of nitrogen functional groups attached to an aromatic ring is 1. The first-order chi connectivity index (χ1) is 26.6. The van der Waals surface area contributed by atoms with E-state index >= 15 is 0 Å². The second kappa shape index (κ2) is 13.8. The van der Waals surface area contributed by atoms with E-state index in [4.69, 9.17) is 10.2 Å². The van der Waals surface area contributed by atoms with Crippen LogP contribution < -0.4 is 10.6 Å². The minimum Gasteiger partial charge on any atom is -0.455 e. The number of furan rings is 1. The largest absolute Gasteiger partial charge is 0.455 e. The topological polar surface area (TPSA) is 59.7 Å². The normalized spacial score (nSPS) is 11.9. The Bertz CT molecular complexity index is 2890. The number of aliphatic imine (C=N–C) groups is 1. The minimum absolute atomic E-state index is 0.642. The predicted molar refractivity (Wildman–Crippen MR) is 229 cm³/mol. The molecule has 2 N–H and O–H groups in total. The van der Waals surface area contributed by atoms with E-state index in [-0.39, 0.29) is 0 Å². The van der Waals surface area contributed by atoms with Gasteiger partial charge < -0.3 is 19.6 Å². The zero-order chi connectivity index (χ0) is 36.6. The number of allylic oxidation sites excluding steroid dienone is 2. The van der Waals surface area contributed by atoms with Crippen molar-refractivity contribution in [3.05, 3.63) is 188 Å². The number of anilines is 3. The van der Waals surface area contributed by atoms with E-state index in [1.807, 2.05) is 43.3 Å². The Balaban J connectivity index is 1.09. The van der Waals surface area contributed by atoms with Crippen molar-refractivity contribution >= 4 is 72.6 Å². The lowest BCUT2D eigenvalue weighted by Crippen LogP contribution is -2.18. The molecular formula is C49H38N4O. The molecule has 0 fully saturated rings. The summed E-state index contributed by atoms with van der Waals surface area (Å²) in [4.78, 5) is 6.56. The Morgan fingerprint density at radius 2 is 1.44 bits per heavy atom. The van der Waals surface area contributed by atoms with Crippen LogP contribution in [0.4, 0.5) is 17.1 Å². The van der Waals surface area contributed by atoms with Gasteiger partial charge in [-0.25, -0.2) is 0 Å². The molecule has 0 unspecified atom stereocenters. The van der Waals surface area contributed by atoms with Crippen molar-refractivity contribution in [1.82, 2.24) is 4.57 Å². The second-order valence-corrected chi connectivity index (χ2v) is 13.5. The molecule has 0 aliphatic rings. The Morgan fingerprint density at radius 3 is 2.26 bits per heavy atom. The molecule has 5 heteroatoms. The van der Waals surface area contributed by atoms with E-state index in [1.165, 1.54) is 10.8 Å². The quantitative estimate of drug-likeness (QED) is 0.121. The van der Waals surface area contributed by atoms with Crippen LogP contribution in [0.25, 0.3) is 66.1 Å². The number of nitrogens with zero attached hydrogens (tertiary/aromatic N) is 3. The van der Waals surface area contributed by atoms with Gasteiger partial charge in [-0.15, -0.1) is 0 Å². The third-order valence-electron chi connectivity index (χ3n) is 10.2. The van der Waals surface area contributed by atoms with Crippen LogP contribution in [0.2, 0.25) is 0 Å². The van der Waals surface area contributed by atoms with Crippen molar-refractivity contribution in [3.63, 3.8) is 0 Å².